The second kappa shape index (κ2) is 7.87. The number of benzene rings is 2. The van der Waals surface area contributed by atoms with Gasteiger partial charge in [-0.3, -0.25) is 0 Å². The molecule has 0 atom stereocenters. The molecule has 0 aliphatic heterocycles. The summed E-state index contributed by atoms with van der Waals surface area (Å²) in [5.74, 6) is -2.62. The molecule has 1 heterocycles. The van der Waals surface area contributed by atoms with Crippen LogP contribution in [-0.2, 0) is 4.74 Å². The Kier molecular flexibility index (Phi) is 5.36. The predicted octanol–water partition coefficient (Wildman–Crippen LogP) is 2.50. The summed E-state index contributed by atoms with van der Waals surface area (Å²) >= 11 is 0. The first-order valence-electron chi connectivity index (χ1n) is 7.72. The Morgan fingerprint density at radius 2 is 1.96 bits per heavy atom. The van der Waals surface area contributed by atoms with Crippen LogP contribution in [0.4, 0.5) is 14.5 Å². The van der Waals surface area contributed by atoms with Gasteiger partial charge in [0.1, 0.15) is 18.2 Å². The molecule has 8 nitrogen and oxygen atoms in total. The molecule has 0 spiro atoms. The minimum Gasteiger partial charge on any atom is -0.489 e. The van der Waals surface area contributed by atoms with Gasteiger partial charge in [0, 0.05) is 19.2 Å². The van der Waals surface area contributed by atoms with E-state index in [0.29, 0.717) is 29.8 Å². The number of anilines is 1. The van der Waals surface area contributed by atoms with Crippen molar-refractivity contribution in [1.29, 1.82) is 0 Å². The van der Waals surface area contributed by atoms with Crippen LogP contribution in [0.25, 0.3) is 5.69 Å². The molecule has 0 amide bonds. The lowest BCUT2D eigenvalue weighted by Gasteiger charge is -2.09. The first-order valence-corrected chi connectivity index (χ1v) is 7.72. The van der Waals surface area contributed by atoms with Crippen LogP contribution < -0.4 is 21.0 Å². The van der Waals surface area contributed by atoms with E-state index in [9.17, 15) is 13.6 Å². The molecule has 142 valence electrons. The second-order valence-electron chi connectivity index (χ2n) is 5.29. The fraction of sp³-hybridized carbons (Fsp3) is 0.176. The zero-order chi connectivity index (χ0) is 19.4. The highest BCUT2D eigenvalue weighted by Gasteiger charge is 2.15. The maximum absolute atomic E-state index is 13.7. The standard InChI is InChI=1S/C17H15F2N3O5/c1-24-6-7-25-15-9-11(3-4-13(15)20)22-17(23)27-16(21-22)26-14-5-2-10(18)8-12(14)19/h2-5,8-9H,6-7,20H2,1H3. The SMILES string of the molecule is COCCOc1cc(-n2nc(Oc3ccc(F)cc3F)oc2=O)ccc1N. The lowest BCUT2D eigenvalue weighted by atomic mass is 10.2. The highest BCUT2D eigenvalue weighted by molar-refractivity contribution is 5.57. The Morgan fingerprint density at radius 3 is 2.70 bits per heavy atom. The molecule has 3 aromatic rings. The molecule has 0 radical (unpaired) electrons. The van der Waals surface area contributed by atoms with Crippen molar-refractivity contribution in [3.8, 4) is 23.3 Å². The summed E-state index contributed by atoms with van der Waals surface area (Å²) in [4.78, 5) is 12.0. The van der Waals surface area contributed by atoms with E-state index in [0.717, 1.165) is 16.8 Å². The first-order chi connectivity index (χ1) is 13.0. The molecule has 0 aliphatic rings. The van der Waals surface area contributed by atoms with Crippen molar-refractivity contribution in [2.75, 3.05) is 26.1 Å². The van der Waals surface area contributed by atoms with Crippen LogP contribution >= 0.6 is 0 Å². The van der Waals surface area contributed by atoms with E-state index in [-0.39, 0.29) is 12.4 Å². The van der Waals surface area contributed by atoms with Gasteiger partial charge in [0.2, 0.25) is 0 Å². The van der Waals surface area contributed by atoms with E-state index in [1.165, 1.54) is 25.3 Å². The van der Waals surface area contributed by atoms with Crippen molar-refractivity contribution in [2.24, 2.45) is 0 Å². The summed E-state index contributed by atoms with van der Waals surface area (Å²) in [6, 6.07) is 7.21. The van der Waals surface area contributed by atoms with Gasteiger partial charge in [0.15, 0.2) is 11.6 Å². The molecule has 0 saturated heterocycles. The molecule has 2 aromatic carbocycles. The predicted molar refractivity (Wildman–Crippen MR) is 90.3 cm³/mol. The number of halogens is 2. The van der Waals surface area contributed by atoms with Crippen LogP contribution in [0, 0.1) is 11.6 Å². The molecule has 2 N–H and O–H groups in total. The van der Waals surface area contributed by atoms with E-state index in [1.807, 2.05) is 0 Å². The van der Waals surface area contributed by atoms with Gasteiger partial charge in [-0.25, -0.2) is 13.6 Å². The maximum Gasteiger partial charge on any atom is 0.444 e. The number of hydrogen-bond acceptors (Lipinski definition) is 7. The Labute approximate surface area is 151 Å². The highest BCUT2D eigenvalue weighted by atomic mass is 19.1. The Hall–Kier alpha value is -3.40. The van der Waals surface area contributed by atoms with Gasteiger partial charge >= 0.3 is 11.8 Å². The van der Waals surface area contributed by atoms with E-state index >= 15 is 0 Å². The number of nitrogens with two attached hydrogens (primary N) is 1. The van der Waals surface area contributed by atoms with Crippen LogP contribution in [-0.4, -0.2) is 30.1 Å². The molecular weight excluding hydrogens is 364 g/mol. The number of methoxy groups -OCH3 is 1. The van der Waals surface area contributed by atoms with Crippen molar-refractivity contribution >= 4 is 5.69 Å². The maximum atomic E-state index is 13.7. The van der Waals surface area contributed by atoms with E-state index in [4.69, 9.17) is 24.4 Å². The second-order valence-corrected chi connectivity index (χ2v) is 5.29. The van der Waals surface area contributed by atoms with Crippen LogP contribution in [0.5, 0.6) is 17.6 Å². The Bertz CT molecular complexity index is 1000. The lowest BCUT2D eigenvalue weighted by Crippen LogP contribution is -2.14. The monoisotopic (exact) mass is 379 g/mol. The molecule has 1 aromatic heterocycles. The number of nitrogens with zero attached hydrogens (tertiary/aromatic N) is 2. The third-order valence-corrected chi connectivity index (χ3v) is 3.41. The van der Waals surface area contributed by atoms with Crippen LogP contribution in [0.1, 0.15) is 0 Å². The topological polar surface area (TPSA) is 102 Å². The average Bonchev–Trinajstić information content (AvgIpc) is 2.99. The Balaban J connectivity index is 1.86. The summed E-state index contributed by atoms with van der Waals surface area (Å²) in [5.41, 5.74) is 6.48. The molecule has 0 bridgehead atoms. The van der Waals surface area contributed by atoms with Gasteiger partial charge < -0.3 is 24.4 Å². The van der Waals surface area contributed by atoms with Gasteiger partial charge in [-0.1, -0.05) is 5.10 Å². The Morgan fingerprint density at radius 1 is 1.15 bits per heavy atom. The third-order valence-electron chi connectivity index (χ3n) is 3.41. The van der Waals surface area contributed by atoms with Crippen molar-refractivity contribution in [3.05, 3.63) is 58.6 Å². The normalized spacial score (nSPS) is 10.8. The molecule has 0 fully saturated rings. The van der Waals surface area contributed by atoms with Gasteiger partial charge in [-0.15, -0.1) is 0 Å². The molecule has 3 rings (SSSR count). The van der Waals surface area contributed by atoms with Crippen LogP contribution in [0.15, 0.2) is 45.6 Å². The average molecular weight is 379 g/mol. The number of hydrogen-bond donors (Lipinski definition) is 1. The summed E-state index contributed by atoms with van der Waals surface area (Å²) in [7, 11) is 1.53. The van der Waals surface area contributed by atoms with Gasteiger partial charge in [-0.2, -0.15) is 4.68 Å². The largest absolute Gasteiger partial charge is 0.489 e. The number of rotatable bonds is 7. The quantitative estimate of drug-likeness (QED) is 0.497. The van der Waals surface area contributed by atoms with E-state index in [2.05, 4.69) is 5.10 Å². The zero-order valence-electron chi connectivity index (χ0n) is 14.1. The number of ether oxygens (including phenoxy) is 3. The highest BCUT2D eigenvalue weighted by Crippen LogP contribution is 2.26. The molecule has 0 unspecified atom stereocenters. The first kappa shape index (κ1) is 18.4. The fourth-order valence-electron chi connectivity index (χ4n) is 2.13. The molecule has 10 heteroatoms. The van der Waals surface area contributed by atoms with Gasteiger partial charge in [-0.05, 0) is 24.3 Å². The lowest BCUT2D eigenvalue weighted by molar-refractivity contribution is 0.146. The number of aromatic nitrogens is 2. The van der Waals surface area contributed by atoms with Crippen molar-refractivity contribution in [3.63, 3.8) is 0 Å². The molecular formula is C17H15F2N3O5. The molecule has 0 aliphatic carbocycles. The summed E-state index contributed by atoms with van der Waals surface area (Å²) in [6.45, 7) is 0.616. The van der Waals surface area contributed by atoms with Crippen molar-refractivity contribution < 1.29 is 27.4 Å². The zero-order valence-corrected chi connectivity index (χ0v) is 14.1. The van der Waals surface area contributed by atoms with Gasteiger partial charge in [0.05, 0.1) is 18.0 Å². The molecule has 0 saturated carbocycles. The molecule has 27 heavy (non-hydrogen) atoms. The van der Waals surface area contributed by atoms with Gasteiger partial charge in [0.25, 0.3) is 0 Å². The smallest absolute Gasteiger partial charge is 0.444 e. The number of nitrogen functional groups attached to an aromatic ring is 1. The summed E-state index contributed by atoms with van der Waals surface area (Å²) in [5, 5.41) is 3.84. The summed E-state index contributed by atoms with van der Waals surface area (Å²) in [6.07, 6.45) is -0.510. The van der Waals surface area contributed by atoms with Crippen molar-refractivity contribution in [2.45, 2.75) is 0 Å². The minimum atomic E-state index is -0.964. The van der Waals surface area contributed by atoms with Crippen LogP contribution in [0.2, 0.25) is 0 Å². The summed E-state index contributed by atoms with van der Waals surface area (Å²) < 4.78 is 47.8. The van der Waals surface area contributed by atoms with Crippen LogP contribution in [0.3, 0.4) is 0 Å². The minimum absolute atomic E-state index is 0.260. The fourth-order valence-corrected chi connectivity index (χ4v) is 2.13. The van der Waals surface area contributed by atoms with E-state index in [1.54, 1.807) is 0 Å². The van der Waals surface area contributed by atoms with E-state index < -0.39 is 23.5 Å². The van der Waals surface area contributed by atoms with Crippen molar-refractivity contribution in [1.82, 2.24) is 9.78 Å². The third kappa shape index (κ3) is 4.23.